The summed E-state index contributed by atoms with van der Waals surface area (Å²) in [6, 6.07) is 11.7. The van der Waals surface area contributed by atoms with Crippen LogP contribution in [0.3, 0.4) is 0 Å². The number of benzene rings is 1. The minimum Gasteiger partial charge on any atom is -0.382 e. The smallest absolute Gasteiger partial charge is 0.264 e. The van der Waals surface area contributed by atoms with E-state index in [9.17, 15) is 4.79 Å². The minimum atomic E-state index is 0.0429. The lowest BCUT2D eigenvalue weighted by Gasteiger charge is -2.26. The van der Waals surface area contributed by atoms with Crippen molar-refractivity contribution in [1.29, 1.82) is 0 Å². The van der Waals surface area contributed by atoms with Gasteiger partial charge in [0.1, 0.15) is 10.8 Å². The first-order valence-corrected chi connectivity index (χ1v) is 12.5. The summed E-state index contributed by atoms with van der Waals surface area (Å²) in [7, 11) is 0. The molecule has 0 saturated carbocycles. The number of allylic oxidation sites excluding steroid dienone is 2. The van der Waals surface area contributed by atoms with Crippen LogP contribution in [-0.2, 0) is 0 Å². The number of hydrogen-bond donors (Lipinski definition) is 1. The molecule has 0 bridgehead atoms. The zero-order valence-corrected chi connectivity index (χ0v) is 20.8. The van der Waals surface area contributed by atoms with E-state index >= 15 is 0 Å². The number of aromatic nitrogens is 3. The maximum Gasteiger partial charge on any atom is 0.264 e. The predicted molar refractivity (Wildman–Crippen MR) is 145 cm³/mol. The van der Waals surface area contributed by atoms with Crippen molar-refractivity contribution in [3.63, 3.8) is 0 Å². The standard InChI is InChI=1S/C27H24ClN5OS/c1-3-18(15-20-8-5-4-7-17(20)2)21-16-30-33-25(29)23(28)24(31-26(21)33)19-10-12-32(13-11-19)27(34)22-9-6-14-35-22/h3-10,14-16H,2,11-13,29H2,1H3/b18-3+,20-15-. The molecular formula is C27H24ClN5OS. The largest absolute Gasteiger partial charge is 0.382 e. The fraction of sp³-hybridized carbons (Fsp3) is 0.148. The van der Waals surface area contributed by atoms with Crippen LogP contribution in [0.25, 0.3) is 29.4 Å². The second-order valence-corrected chi connectivity index (χ2v) is 9.57. The van der Waals surface area contributed by atoms with Gasteiger partial charge in [-0.3, -0.25) is 4.79 Å². The van der Waals surface area contributed by atoms with Crippen LogP contribution in [0.15, 0.2) is 60.1 Å². The van der Waals surface area contributed by atoms with Gasteiger partial charge in [0.05, 0.1) is 16.8 Å². The number of halogens is 1. The first-order valence-electron chi connectivity index (χ1n) is 11.2. The summed E-state index contributed by atoms with van der Waals surface area (Å²) in [5.74, 6) is 0.380. The highest BCUT2D eigenvalue weighted by Gasteiger charge is 2.24. The Hall–Kier alpha value is -3.68. The van der Waals surface area contributed by atoms with Crippen LogP contribution >= 0.6 is 22.9 Å². The molecular weight excluding hydrogens is 478 g/mol. The third kappa shape index (κ3) is 4.29. The first kappa shape index (κ1) is 23.1. The zero-order chi connectivity index (χ0) is 24.5. The summed E-state index contributed by atoms with van der Waals surface area (Å²) in [5.41, 5.74) is 10.4. The number of rotatable bonds is 4. The Morgan fingerprint density at radius 2 is 2.09 bits per heavy atom. The highest BCUT2D eigenvalue weighted by Crippen LogP contribution is 2.34. The molecule has 2 N–H and O–H groups in total. The van der Waals surface area contributed by atoms with Crippen LogP contribution in [0.2, 0.25) is 5.02 Å². The summed E-state index contributed by atoms with van der Waals surface area (Å²) in [4.78, 5) is 20.2. The molecule has 5 rings (SSSR count). The molecule has 1 amide bonds. The van der Waals surface area contributed by atoms with Crippen molar-refractivity contribution >= 4 is 64.1 Å². The molecule has 35 heavy (non-hydrogen) atoms. The molecule has 0 spiro atoms. The number of nitrogen functional groups attached to an aromatic ring is 1. The van der Waals surface area contributed by atoms with E-state index in [1.165, 1.54) is 11.3 Å². The van der Waals surface area contributed by atoms with E-state index in [4.69, 9.17) is 22.3 Å². The van der Waals surface area contributed by atoms with Crippen molar-refractivity contribution in [3.8, 4) is 0 Å². The van der Waals surface area contributed by atoms with Crippen molar-refractivity contribution in [3.05, 3.63) is 91.7 Å². The molecule has 3 aromatic heterocycles. The number of hydrogen-bond acceptors (Lipinski definition) is 5. The van der Waals surface area contributed by atoms with Gasteiger partial charge in [-0.2, -0.15) is 9.61 Å². The molecule has 1 aliphatic rings. The molecule has 0 atom stereocenters. The van der Waals surface area contributed by atoms with E-state index in [1.54, 1.807) is 10.7 Å². The Bertz CT molecular complexity index is 1600. The number of fused-ring (bicyclic) bond motifs is 1. The Labute approximate surface area is 212 Å². The SMILES string of the molecule is C=c1cccc/c1=C/C(=C\C)c1cnn2c(N)c(Cl)c(C3=CCN(C(=O)c4cccs4)CC3)nc12. The second-order valence-electron chi connectivity index (χ2n) is 8.25. The summed E-state index contributed by atoms with van der Waals surface area (Å²) < 4.78 is 1.57. The fourth-order valence-corrected chi connectivity index (χ4v) is 5.13. The number of anilines is 1. The van der Waals surface area contributed by atoms with Gasteiger partial charge < -0.3 is 10.6 Å². The van der Waals surface area contributed by atoms with Crippen molar-refractivity contribution in [2.75, 3.05) is 18.8 Å². The van der Waals surface area contributed by atoms with Crippen LogP contribution in [-0.4, -0.2) is 38.5 Å². The normalized spacial score (nSPS) is 15.0. The van der Waals surface area contributed by atoms with Gasteiger partial charge in [-0.05, 0) is 52.5 Å². The average Bonchev–Trinajstić information content (AvgIpc) is 3.56. The third-order valence-corrected chi connectivity index (χ3v) is 7.37. The highest BCUT2D eigenvalue weighted by molar-refractivity contribution is 7.12. The summed E-state index contributed by atoms with van der Waals surface area (Å²) >= 11 is 8.11. The molecule has 0 fully saturated rings. The Morgan fingerprint density at radius 1 is 1.26 bits per heavy atom. The topological polar surface area (TPSA) is 76.5 Å². The maximum absolute atomic E-state index is 12.7. The second kappa shape index (κ2) is 9.52. The van der Waals surface area contributed by atoms with Crippen LogP contribution in [0.1, 0.15) is 34.3 Å². The summed E-state index contributed by atoms with van der Waals surface area (Å²) in [6.45, 7) is 7.18. The number of amides is 1. The minimum absolute atomic E-state index is 0.0429. The van der Waals surface area contributed by atoms with E-state index in [2.05, 4.69) is 17.8 Å². The summed E-state index contributed by atoms with van der Waals surface area (Å²) in [6.07, 6.45) is 8.49. The molecule has 176 valence electrons. The number of nitrogens with two attached hydrogens (primary N) is 1. The fourth-order valence-electron chi connectivity index (χ4n) is 4.20. The van der Waals surface area contributed by atoms with Gasteiger partial charge in [-0.25, -0.2) is 4.98 Å². The molecule has 0 radical (unpaired) electrons. The molecule has 4 heterocycles. The van der Waals surface area contributed by atoms with Gasteiger partial charge in [0.2, 0.25) is 0 Å². The van der Waals surface area contributed by atoms with Gasteiger partial charge in [0.25, 0.3) is 5.91 Å². The summed E-state index contributed by atoms with van der Waals surface area (Å²) in [5, 5.41) is 8.70. The van der Waals surface area contributed by atoms with Crippen LogP contribution in [0.5, 0.6) is 0 Å². The quantitative estimate of drug-likeness (QED) is 0.453. The number of carbonyl (C=O) groups excluding carboxylic acids is 1. The molecule has 1 aliphatic heterocycles. The van der Waals surface area contributed by atoms with E-state index in [0.29, 0.717) is 41.7 Å². The maximum atomic E-state index is 12.7. The van der Waals surface area contributed by atoms with E-state index in [1.807, 2.05) is 65.8 Å². The van der Waals surface area contributed by atoms with Crippen molar-refractivity contribution in [2.24, 2.45) is 0 Å². The van der Waals surface area contributed by atoms with Crippen molar-refractivity contribution in [2.45, 2.75) is 13.3 Å². The molecule has 0 unspecified atom stereocenters. The Balaban J connectivity index is 1.54. The van der Waals surface area contributed by atoms with Gasteiger partial charge in [0, 0.05) is 18.7 Å². The Morgan fingerprint density at radius 3 is 2.77 bits per heavy atom. The van der Waals surface area contributed by atoms with Crippen LogP contribution in [0, 0.1) is 0 Å². The lowest BCUT2D eigenvalue weighted by molar-refractivity contribution is 0.0777. The van der Waals surface area contributed by atoms with Crippen molar-refractivity contribution in [1.82, 2.24) is 19.5 Å². The van der Waals surface area contributed by atoms with Crippen LogP contribution in [0.4, 0.5) is 5.82 Å². The predicted octanol–water partition coefficient (Wildman–Crippen LogP) is 4.25. The van der Waals surface area contributed by atoms with Gasteiger partial charge in [-0.15, -0.1) is 11.3 Å². The number of thiophene rings is 1. The average molecular weight is 502 g/mol. The van der Waals surface area contributed by atoms with Gasteiger partial charge in [0.15, 0.2) is 5.65 Å². The molecule has 4 aromatic rings. The monoisotopic (exact) mass is 501 g/mol. The number of carbonyl (C=O) groups is 1. The van der Waals surface area contributed by atoms with Crippen molar-refractivity contribution < 1.29 is 4.79 Å². The molecule has 6 nitrogen and oxygen atoms in total. The number of nitrogens with zero attached hydrogens (tertiary/aromatic N) is 4. The Kier molecular flexibility index (Phi) is 6.28. The van der Waals surface area contributed by atoms with Gasteiger partial charge >= 0.3 is 0 Å². The highest BCUT2D eigenvalue weighted by atomic mass is 35.5. The first-order chi connectivity index (χ1) is 17.0. The van der Waals surface area contributed by atoms with E-state index < -0.39 is 0 Å². The lowest BCUT2D eigenvalue weighted by Crippen LogP contribution is -2.34. The molecule has 8 heteroatoms. The molecule has 1 aromatic carbocycles. The lowest BCUT2D eigenvalue weighted by atomic mass is 10.0. The zero-order valence-electron chi connectivity index (χ0n) is 19.2. The molecule has 0 aliphatic carbocycles. The van der Waals surface area contributed by atoms with Gasteiger partial charge in [-0.1, -0.05) is 60.7 Å². The third-order valence-electron chi connectivity index (χ3n) is 6.14. The van der Waals surface area contributed by atoms with Crippen LogP contribution < -0.4 is 16.2 Å². The molecule has 0 saturated heterocycles. The van der Waals surface area contributed by atoms with E-state index in [-0.39, 0.29) is 5.91 Å². The van der Waals surface area contributed by atoms with E-state index in [0.717, 1.165) is 32.0 Å².